The van der Waals surface area contributed by atoms with E-state index < -0.39 is 0 Å². The van der Waals surface area contributed by atoms with Gasteiger partial charge in [-0.3, -0.25) is 4.79 Å². The minimum absolute atomic E-state index is 0.0236. The third-order valence-corrected chi connectivity index (χ3v) is 11.3. The zero-order valence-corrected chi connectivity index (χ0v) is 24.6. The molecule has 3 heteroatoms. The van der Waals surface area contributed by atoms with E-state index in [0.29, 0.717) is 17.9 Å². The molecule has 1 N–H and O–H groups in total. The minimum atomic E-state index is -0.0733. The fraction of sp³-hybridized carbons (Fsp3) is 0.848. The monoisotopic (exact) mass is 497 g/mol. The fourth-order valence-corrected chi connectivity index (χ4v) is 9.39. The van der Waals surface area contributed by atoms with E-state index in [0.717, 1.165) is 31.2 Å². The van der Waals surface area contributed by atoms with Gasteiger partial charge in [0, 0.05) is 5.41 Å². The van der Waals surface area contributed by atoms with Gasteiger partial charge in [-0.15, -0.1) is 0 Å². The third-order valence-electron chi connectivity index (χ3n) is 11.3. The molecule has 4 aliphatic rings. The highest BCUT2D eigenvalue weighted by Gasteiger charge is 2.59. The molecule has 2 saturated carbocycles. The summed E-state index contributed by atoms with van der Waals surface area (Å²) in [5.74, 6) is 2.25. The van der Waals surface area contributed by atoms with Gasteiger partial charge in [0.15, 0.2) is 0 Å². The molecule has 4 aliphatic carbocycles. The van der Waals surface area contributed by atoms with Crippen LogP contribution in [0.1, 0.15) is 126 Å². The number of unbranched alkanes of at least 4 members (excludes halogenated alkanes) is 1. The van der Waals surface area contributed by atoms with E-state index in [-0.39, 0.29) is 22.9 Å². The molecule has 6 unspecified atom stereocenters. The van der Waals surface area contributed by atoms with Crippen molar-refractivity contribution in [2.24, 2.45) is 34.0 Å². The van der Waals surface area contributed by atoms with Gasteiger partial charge < -0.3 is 10.1 Å². The zero-order chi connectivity index (χ0) is 26.1. The quantitative estimate of drug-likeness (QED) is 0.197. The van der Waals surface area contributed by atoms with Gasteiger partial charge in [0.1, 0.15) is 6.10 Å². The fourth-order valence-electron chi connectivity index (χ4n) is 9.39. The molecule has 204 valence electrons. The first-order chi connectivity index (χ1) is 17.0. The molecule has 0 radical (unpaired) electrons. The lowest BCUT2D eigenvalue weighted by molar-refractivity contribution is -0.168. The summed E-state index contributed by atoms with van der Waals surface area (Å²) < 4.78 is 6.12. The van der Waals surface area contributed by atoms with Gasteiger partial charge in [0.2, 0.25) is 0 Å². The summed E-state index contributed by atoms with van der Waals surface area (Å²) in [4.78, 5) is 12.6. The van der Waals surface area contributed by atoms with E-state index in [9.17, 15) is 4.79 Å². The average molecular weight is 498 g/mol. The molecule has 0 bridgehead atoms. The van der Waals surface area contributed by atoms with Crippen LogP contribution in [0.15, 0.2) is 22.8 Å². The first kappa shape index (κ1) is 27.9. The number of allylic oxidation sites excluding steroid dienone is 4. The Hall–Kier alpha value is -1.09. The number of ether oxygens (including phenoxy) is 1. The molecule has 0 aromatic carbocycles. The summed E-state index contributed by atoms with van der Waals surface area (Å²) in [6, 6.07) is 0. The van der Waals surface area contributed by atoms with Crippen molar-refractivity contribution in [3.05, 3.63) is 22.8 Å². The van der Waals surface area contributed by atoms with Gasteiger partial charge in [-0.2, -0.15) is 0 Å². The van der Waals surface area contributed by atoms with E-state index in [1.807, 2.05) is 11.1 Å². The maximum absolute atomic E-state index is 12.6. The maximum atomic E-state index is 12.6. The number of carbonyl (C=O) groups is 1. The van der Waals surface area contributed by atoms with Crippen LogP contribution in [-0.2, 0) is 9.53 Å². The summed E-state index contributed by atoms with van der Waals surface area (Å²) in [6.45, 7) is 17.8. The van der Waals surface area contributed by atoms with Crippen molar-refractivity contribution in [3.63, 3.8) is 0 Å². The predicted molar refractivity (Wildman–Crippen MR) is 151 cm³/mol. The Morgan fingerprint density at radius 3 is 2.56 bits per heavy atom. The van der Waals surface area contributed by atoms with Gasteiger partial charge in [-0.05, 0) is 126 Å². The molecule has 3 nitrogen and oxygen atoms in total. The van der Waals surface area contributed by atoms with Crippen molar-refractivity contribution in [2.45, 2.75) is 132 Å². The van der Waals surface area contributed by atoms with Gasteiger partial charge in [-0.25, -0.2) is 0 Å². The first-order valence-electron chi connectivity index (χ1n) is 15.3. The Labute approximate surface area is 222 Å². The van der Waals surface area contributed by atoms with Crippen LogP contribution < -0.4 is 5.32 Å². The predicted octanol–water partition coefficient (Wildman–Crippen LogP) is 8.39. The molecule has 0 spiro atoms. The lowest BCUT2D eigenvalue weighted by Gasteiger charge is -2.60. The molecular formula is C33H55NO2. The highest BCUT2D eigenvalue weighted by molar-refractivity contribution is 5.71. The molecule has 2 fully saturated rings. The Balaban J connectivity index is 1.47. The lowest BCUT2D eigenvalue weighted by Crippen LogP contribution is -2.54. The number of carbonyl (C=O) groups excluding carboxylic acids is 1. The van der Waals surface area contributed by atoms with E-state index in [2.05, 4.69) is 59.9 Å². The molecule has 0 heterocycles. The Kier molecular flexibility index (Phi) is 8.50. The van der Waals surface area contributed by atoms with Gasteiger partial charge in [-0.1, -0.05) is 57.4 Å². The third kappa shape index (κ3) is 5.12. The normalized spacial score (nSPS) is 37.1. The second-order valence-electron chi connectivity index (χ2n) is 14.1. The Bertz CT molecular complexity index is 865. The van der Waals surface area contributed by atoms with E-state index >= 15 is 0 Å². The van der Waals surface area contributed by atoms with Crippen molar-refractivity contribution in [1.82, 2.24) is 5.32 Å². The van der Waals surface area contributed by atoms with Crippen molar-refractivity contribution < 1.29 is 9.53 Å². The van der Waals surface area contributed by atoms with Crippen LogP contribution in [0.5, 0.6) is 0 Å². The van der Waals surface area contributed by atoms with Crippen LogP contribution in [0.3, 0.4) is 0 Å². The van der Waals surface area contributed by atoms with Crippen molar-refractivity contribution >= 4 is 5.97 Å². The molecular weight excluding hydrogens is 442 g/mol. The summed E-state index contributed by atoms with van der Waals surface area (Å²) in [5.41, 5.74) is 6.00. The maximum Gasteiger partial charge on any atom is 0.320 e. The van der Waals surface area contributed by atoms with Crippen LogP contribution in [0.4, 0.5) is 0 Å². The minimum Gasteiger partial charge on any atom is -0.461 e. The number of nitrogens with one attached hydrogen (secondary N) is 1. The average Bonchev–Trinajstić information content (AvgIpc) is 3.15. The highest BCUT2D eigenvalue weighted by Crippen LogP contribution is 2.67. The SMILES string of the molecule is CCCNCC(=O)OC1CCC2(C)C3=C(CCC2C1(C)C)C1CCC(CCCC=C(C)C)C1(C)CC3. The highest BCUT2D eigenvalue weighted by atomic mass is 16.5. The van der Waals surface area contributed by atoms with Gasteiger partial charge >= 0.3 is 5.97 Å². The van der Waals surface area contributed by atoms with Crippen molar-refractivity contribution in [1.29, 1.82) is 0 Å². The standard InChI is InChI=1S/C33H55NO2/c1-8-21-34-22-30(35)36-29-18-20-33(7)27-17-19-32(6)24(12-10-9-11-23(2)3)13-15-26(32)25(27)14-16-28(33)31(29,4)5/h11,24,26,28-29,34H,8-10,12-22H2,1-7H3. The van der Waals surface area contributed by atoms with Crippen molar-refractivity contribution in [2.75, 3.05) is 13.1 Å². The molecule has 36 heavy (non-hydrogen) atoms. The summed E-state index contributed by atoms with van der Waals surface area (Å²) in [5, 5.41) is 3.22. The summed E-state index contributed by atoms with van der Waals surface area (Å²) in [7, 11) is 0. The van der Waals surface area contributed by atoms with E-state index in [1.165, 1.54) is 69.8 Å². The smallest absolute Gasteiger partial charge is 0.320 e. The van der Waals surface area contributed by atoms with Crippen molar-refractivity contribution in [3.8, 4) is 0 Å². The topological polar surface area (TPSA) is 38.3 Å². The molecule has 0 aromatic rings. The lowest BCUT2D eigenvalue weighted by atomic mass is 9.46. The first-order valence-corrected chi connectivity index (χ1v) is 15.3. The van der Waals surface area contributed by atoms with Crippen LogP contribution in [0.2, 0.25) is 0 Å². The number of rotatable bonds is 9. The number of fused-ring (bicyclic) bond motifs is 4. The second kappa shape index (κ2) is 11.0. The molecule has 0 aliphatic heterocycles. The molecule has 4 rings (SSSR count). The van der Waals surface area contributed by atoms with Crippen LogP contribution in [0, 0.1) is 34.0 Å². The Morgan fingerprint density at radius 1 is 1.06 bits per heavy atom. The zero-order valence-electron chi connectivity index (χ0n) is 24.6. The van der Waals surface area contributed by atoms with Gasteiger partial charge in [0.05, 0.1) is 6.54 Å². The molecule has 6 atom stereocenters. The second-order valence-corrected chi connectivity index (χ2v) is 14.1. The van der Waals surface area contributed by atoms with E-state index in [4.69, 9.17) is 4.74 Å². The Morgan fingerprint density at radius 2 is 1.83 bits per heavy atom. The van der Waals surface area contributed by atoms with E-state index in [1.54, 1.807) is 0 Å². The summed E-state index contributed by atoms with van der Waals surface area (Å²) in [6.07, 6.45) is 17.8. The summed E-state index contributed by atoms with van der Waals surface area (Å²) >= 11 is 0. The molecule has 0 saturated heterocycles. The van der Waals surface area contributed by atoms with Crippen LogP contribution in [0.25, 0.3) is 0 Å². The number of hydrogen-bond donors (Lipinski definition) is 1. The molecule has 0 amide bonds. The van der Waals surface area contributed by atoms with Crippen LogP contribution in [-0.4, -0.2) is 25.2 Å². The number of esters is 1. The number of hydrogen-bond acceptors (Lipinski definition) is 3. The van der Waals surface area contributed by atoms with Crippen LogP contribution >= 0.6 is 0 Å². The largest absolute Gasteiger partial charge is 0.461 e. The van der Waals surface area contributed by atoms with Gasteiger partial charge in [0.25, 0.3) is 0 Å². The molecule has 0 aromatic heterocycles.